The summed E-state index contributed by atoms with van der Waals surface area (Å²) in [6.45, 7) is 5.11. The predicted octanol–water partition coefficient (Wildman–Crippen LogP) is 1.83. The van der Waals surface area contributed by atoms with Gasteiger partial charge in [0.05, 0.1) is 6.61 Å². The zero-order chi connectivity index (χ0) is 15.2. The third kappa shape index (κ3) is 4.43. The van der Waals surface area contributed by atoms with Crippen molar-refractivity contribution in [3.63, 3.8) is 0 Å². The number of halogens is 1. The highest BCUT2D eigenvalue weighted by Gasteiger charge is 2.20. The van der Waals surface area contributed by atoms with E-state index in [1.54, 1.807) is 25.3 Å². The van der Waals surface area contributed by atoms with E-state index >= 15 is 0 Å². The Hall–Kier alpha value is -1.11. The second-order valence-corrected chi connectivity index (χ2v) is 6.07. The van der Waals surface area contributed by atoms with Crippen LogP contribution in [0.1, 0.15) is 16.8 Å². The van der Waals surface area contributed by atoms with Crippen LogP contribution in [0.15, 0.2) is 22.7 Å². The molecule has 1 saturated heterocycles. The number of nitrogen functional groups attached to an aromatic ring is 1. The summed E-state index contributed by atoms with van der Waals surface area (Å²) in [5, 5.41) is 0. The molecule has 116 valence electrons. The minimum atomic E-state index is 0.0734. The van der Waals surface area contributed by atoms with Crippen LogP contribution in [0.5, 0.6) is 0 Å². The van der Waals surface area contributed by atoms with Gasteiger partial charge in [0.2, 0.25) is 0 Å². The molecule has 0 spiro atoms. The molecule has 21 heavy (non-hydrogen) atoms. The molecule has 1 aliphatic heterocycles. The van der Waals surface area contributed by atoms with Crippen LogP contribution in [0.3, 0.4) is 0 Å². The van der Waals surface area contributed by atoms with Gasteiger partial charge in [-0.3, -0.25) is 9.69 Å². The van der Waals surface area contributed by atoms with Crippen molar-refractivity contribution >= 4 is 27.5 Å². The molecule has 2 rings (SSSR count). The predicted molar refractivity (Wildman–Crippen MR) is 87.4 cm³/mol. The minimum Gasteiger partial charge on any atom is -0.398 e. The van der Waals surface area contributed by atoms with E-state index in [-0.39, 0.29) is 5.91 Å². The fourth-order valence-electron chi connectivity index (χ4n) is 2.46. The monoisotopic (exact) mass is 355 g/mol. The molecule has 6 heteroatoms. The Bertz CT molecular complexity index is 496. The number of carbonyl (C=O) groups is 1. The van der Waals surface area contributed by atoms with Crippen LogP contribution >= 0.6 is 15.9 Å². The second-order valence-electron chi connectivity index (χ2n) is 5.22. The number of benzene rings is 1. The Kier molecular flexibility index (Phi) is 6.02. The summed E-state index contributed by atoms with van der Waals surface area (Å²) in [6.07, 6.45) is 0.992. The number of hydrogen-bond acceptors (Lipinski definition) is 4. The number of nitrogens with zero attached hydrogens (tertiary/aromatic N) is 2. The van der Waals surface area contributed by atoms with Crippen molar-refractivity contribution in [2.75, 3.05) is 52.2 Å². The van der Waals surface area contributed by atoms with Gasteiger partial charge in [-0.25, -0.2) is 0 Å². The molecule has 1 fully saturated rings. The fourth-order valence-corrected chi connectivity index (χ4v) is 2.84. The Balaban J connectivity index is 1.98. The average molecular weight is 356 g/mol. The molecular weight excluding hydrogens is 334 g/mol. The maximum Gasteiger partial charge on any atom is 0.253 e. The number of amides is 1. The molecule has 0 radical (unpaired) electrons. The Morgan fingerprint density at radius 1 is 1.33 bits per heavy atom. The molecule has 1 amide bonds. The first kappa shape index (κ1) is 16.3. The lowest BCUT2D eigenvalue weighted by atomic mass is 10.2. The summed E-state index contributed by atoms with van der Waals surface area (Å²) < 4.78 is 5.88. The van der Waals surface area contributed by atoms with Crippen molar-refractivity contribution in [1.82, 2.24) is 9.80 Å². The summed E-state index contributed by atoms with van der Waals surface area (Å²) in [7, 11) is 1.71. The summed E-state index contributed by atoms with van der Waals surface area (Å²) in [5.41, 5.74) is 7.10. The first-order valence-corrected chi connectivity index (χ1v) is 7.96. The number of carbonyl (C=O) groups excluding carboxylic acids is 1. The number of methoxy groups -OCH3 is 1. The first-order chi connectivity index (χ1) is 10.1. The van der Waals surface area contributed by atoms with Gasteiger partial charge in [-0.1, -0.05) is 0 Å². The number of ether oxygens (including phenoxy) is 1. The van der Waals surface area contributed by atoms with Crippen molar-refractivity contribution < 1.29 is 9.53 Å². The van der Waals surface area contributed by atoms with E-state index in [9.17, 15) is 4.79 Å². The van der Waals surface area contributed by atoms with E-state index < -0.39 is 0 Å². The fraction of sp³-hybridized carbons (Fsp3) is 0.533. The molecule has 0 aromatic heterocycles. The van der Waals surface area contributed by atoms with Crippen LogP contribution in [0.4, 0.5) is 5.69 Å². The minimum absolute atomic E-state index is 0.0734. The largest absolute Gasteiger partial charge is 0.398 e. The number of rotatable bonds is 4. The molecule has 0 atom stereocenters. The number of anilines is 1. The van der Waals surface area contributed by atoms with Crippen LogP contribution in [0.25, 0.3) is 0 Å². The molecule has 1 aromatic rings. The second kappa shape index (κ2) is 7.77. The first-order valence-electron chi connectivity index (χ1n) is 7.17. The molecule has 5 nitrogen and oxygen atoms in total. The van der Waals surface area contributed by atoms with Crippen molar-refractivity contribution in [3.8, 4) is 0 Å². The van der Waals surface area contributed by atoms with E-state index in [0.29, 0.717) is 11.3 Å². The molecule has 0 bridgehead atoms. The van der Waals surface area contributed by atoms with Crippen LogP contribution < -0.4 is 5.73 Å². The van der Waals surface area contributed by atoms with E-state index in [1.165, 1.54) is 0 Å². The van der Waals surface area contributed by atoms with Gasteiger partial charge in [-0.2, -0.15) is 0 Å². The zero-order valence-corrected chi connectivity index (χ0v) is 13.9. The van der Waals surface area contributed by atoms with Gasteiger partial charge in [-0.15, -0.1) is 0 Å². The molecule has 1 heterocycles. The Labute approximate surface area is 134 Å². The SMILES string of the molecule is COCCN1CCCN(C(=O)c2ccc(N)c(Br)c2)CC1. The third-order valence-electron chi connectivity index (χ3n) is 3.73. The highest BCUT2D eigenvalue weighted by Crippen LogP contribution is 2.21. The van der Waals surface area contributed by atoms with Crippen molar-refractivity contribution in [2.24, 2.45) is 0 Å². The average Bonchev–Trinajstić information content (AvgIpc) is 2.73. The Morgan fingerprint density at radius 3 is 2.86 bits per heavy atom. The summed E-state index contributed by atoms with van der Waals surface area (Å²) in [6, 6.07) is 5.35. The smallest absolute Gasteiger partial charge is 0.253 e. The van der Waals surface area contributed by atoms with Gasteiger partial charge < -0.3 is 15.4 Å². The molecular formula is C15H22BrN3O2. The Morgan fingerprint density at radius 2 is 2.14 bits per heavy atom. The van der Waals surface area contributed by atoms with Crippen molar-refractivity contribution in [1.29, 1.82) is 0 Å². The van der Waals surface area contributed by atoms with Gasteiger partial charge in [0.25, 0.3) is 5.91 Å². The van der Waals surface area contributed by atoms with Crippen LogP contribution in [0.2, 0.25) is 0 Å². The third-order valence-corrected chi connectivity index (χ3v) is 4.42. The summed E-state index contributed by atoms with van der Waals surface area (Å²) >= 11 is 3.37. The van der Waals surface area contributed by atoms with Gasteiger partial charge in [0, 0.05) is 49.0 Å². The summed E-state index contributed by atoms with van der Waals surface area (Å²) in [4.78, 5) is 16.8. The number of nitrogens with two attached hydrogens (primary N) is 1. The van der Waals surface area contributed by atoms with Gasteiger partial charge in [0.15, 0.2) is 0 Å². The maximum atomic E-state index is 12.6. The van der Waals surface area contributed by atoms with Crippen molar-refractivity contribution in [2.45, 2.75) is 6.42 Å². The molecule has 2 N–H and O–H groups in total. The van der Waals surface area contributed by atoms with E-state index in [1.807, 2.05) is 4.90 Å². The number of hydrogen-bond donors (Lipinski definition) is 1. The summed E-state index contributed by atoms with van der Waals surface area (Å²) in [5.74, 6) is 0.0734. The topological polar surface area (TPSA) is 58.8 Å². The van der Waals surface area contributed by atoms with Crippen LogP contribution in [-0.4, -0.2) is 62.1 Å². The van der Waals surface area contributed by atoms with E-state index in [4.69, 9.17) is 10.5 Å². The molecule has 0 unspecified atom stereocenters. The lowest BCUT2D eigenvalue weighted by Gasteiger charge is -2.22. The molecule has 0 saturated carbocycles. The molecule has 1 aromatic carbocycles. The van der Waals surface area contributed by atoms with Gasteiger partial charge in [-0.05, 0) is 47.1 Å². The van der Waals surface area contributed by atoms with Gasteiger partial charge in [0.1, 0.15) is 0 Å². The highest BCUT2D eigenvalue weighted by molar-refractivity contribution is 9.10. The lowest BCUT2D eigenvalue weighted by Crippen LogP contribution is -2.36. The lowest BCUT2D eigenvalue weighted by molar-refractivity contribution is 0.0759. The normalized spacial score (nSPS) is 16.8. The molecule has 0 aliphatic carbocycles. The highest BCUT2D eigenvalue weighted by atomic mass is 79.9. The quantitative estimate of drug-likeness (QED) is 0.837. The van der Waals surface area contributed by atoms with Crippen LogP contribution in [-0.2, 0) is 4.74 Å². The van der Waals surface area contributed by atoms with Gasteiger partial charge >= 0.3 is 0 Å². The standard InChI is InChI=1S/C15H22BrN3O2/c1-21-10-9-18-5-2-6-19(8-7-18)15(20)12-3-4-14(17)13(16)11-12/h3-4,11H,2,5-10,17H2,1H3. The maximum absolute atomic E-state index is 12.6. The zero-order valence-electron chi connectivity index (χ0n) is 12.3. The molecule has 1 aliphatic rings. The van der Waals surface area contributed by atoms with E-state index in [0.717, 1.165) is 50.2 Å². The van der Waals surface area contributed by atoms with E-state index in [2.05, 4.69) is 20.8 Å². The van der Waals surface area contributed by atoms with Crippen LogP contribution in [0, 0.1) is 0 Å². The van der Waals surface area contributed by atoms with Crippen molar-refractivity contribution in [3.05, 3.63) is 28.2 Å².